The standard InChI is InChI=1S/C11H16FNO2/c1-15-11-7-8(4-5-9(11)12)10(13)3-2-6-14/h4-5,7,10,14H,2-3,6,13H2,1H3/t10-/m0/s1. The van der Waals surface area contributed by atoms with Crippen molar-refractivity contribution in [3.8, 4) is 5.75 Å². The van der Waals surface area contributed by atoms with E-state index in [1.54, 1.807) is 12.1 Å². The lowest BCUT2D eigenvalue weighted by atomic mass is 10.0. The summed E-state index contributed by atoms with van der Waals surface area (Å²) in [6.45, 7) is 0.117. The van der Waals surface area contributed by atoms with Crippen LogP contribution in [0, 0.1) is 5.82 Å². The summed E-state index contributed by atoms with van der Waals surface area (Å²) in [5.41, 5.74) is 6.69. The minimum Gasteiger partial charge on any atom is -0.494 e. The third-order valence-electron chi connectivity index (χ3n) is 2.28. The number of hydrogen-bond acceptors (Lipinski definition) is 3. The van der Waals surface area contributed by atoms with E-state index in [2.05, 4.69) is 0 Å². The predicted molar refractivity (Wildman–Crippen MR) is 56.2 cm³/mol. The maximum Gasteiger partial charge on any atom is 0.165 e. The van der Waals surface area contributed by atoms with Crippen LogP contribution in [0.5, 0.6) is 5.75 Å². The fourth-order valence-electron chi connectivity index (χ4n) is 1.38. The Morgan fingerprint density at radius 2 is 2.27 bits per heavy atom. The molecule has 0 amide bonds. The highest BCUT2D eigenvalue weighted by Crippen LogP contribution is 2.23. The Labute approximate surface area is 88.7 Å². The lowest BCUT2D eigenvalue weighted by Gasteiger charge is -2.12. The average molecular weight is 213 g/mol. The van der Waals surface area contributed by atoms with E-state index in [1.165, 1.54) is 13.2 Å². The molecule has 0 aromatic heterocycles. The minimum atomic E-state index is -0.393. The van der Waals surface area contributed by atoms with Crippen LogP contribution in [0.4, 0.5) is 4.39 Å². The SMILES string of the molecule is COc1cc([C@@H](N)CCCO)ccc1F. The number of halogens is 1. The molecule has 0 heterocycles. The molecule has 0 spiro atoms. The van der Waals surface area contributed by atoms with Gasteiger partial charge in [-0.1, -0.05) is 6.07 Å². The smallest absolute Gasteiger partial charge is 0.165 e. The van der Waals surface area contributed by atoms with Crippen LogP contribution in [0.3, 0.4) is 0 Å². The quantitative estimate of drug-likeness (QED) is 0.781. The van der Waals surface area contributed by atoms with Gasteiger partial charge < -0.3 is 15.6 Å². The Balaban J connectivity index is 2.76. The van der Waals surface area contributed by atoms with Gasteiger partial charge in [0.15, 0.2) is 11.6 Å². The molecule has 1 aromatic rings. The summed E-state index contributed by atoms with van der Waals surface area (Å²) in [6.07, 6.45) is 1.31. The summed E-state index contributed by atoms with van der Waals surface area (Å²) in [7, 11) is 1.42. The van der Waals surface area contributed by atoms with Crippen molar-refractivity contribution in [3.05, 3.63) is 29.6 Å². The van der Waals surface area contributed by atoms with Crippen molar-refractivity contribution in [2.45, 2.75) is 18.9 Å². The van der Waals surface area contributed by atoms with Gasteiger partial charge in [0.25, 0.3) is 0 Å². The normalized spacial score (nSPS) is 12.5. The average Bonchev–Trinajstić information content (AvgIpc) is 2.26. The second-order valence-corrected chi connectivity index (χ2v) is 3.37. The van der Waals surface area contributed by atoms with E-state index in [1.807, 2.05) is 0 Å². The van der Waals surface area contributed by atoms with Crippen LogP contribution >= 0.6 is 0 Å². The van der Waals surface area contributed by atoms with Gasteiger partial charge in [-0.05, 0) is 30.5 Å². The van der Waals surface area contributed by atoms with E-state index < -0.39 is 5.82 Å². The van der Waals surface area contributed by atoms with Crippen LogP contribution in [0.25, 0.3) is 0 Å². The molecule has 1 aromatic carbocycles. The molecular formula is C11H16FNO2. The van der Waals surface area contributed by atoms with Gasteiger partial charge in [-0.2, -0.15) is 0 Å². The second-order valence-electron chi connectivity index (χ2n) is 3.37. The van der Waals surface area contributed by atoms with Crippen molar-refractivity contribution in [3.63, 3.8) is 0 Å². The maximum atomic E-state index is 13.1. The first-order valence-corrected chi connectivity index (χ1v) is 4.89. The molecule has 4 heteroatoms. The molecule has 0 aliphatic rings. The Morgan fingerprint density at radius 3 is 2.87 bits per heavy atom. The third kappa shape index (κ3) is 3.18. The summed E-state index contributed by atoms with van der Waals surface area (Å²) in [6, 6.07) is 4.39. The van der Waals surface area contributed by atoms with Crippen LogP contribution < -0.4 is 10.5 Å². The molecule has 0 radical (unpaired) electrons. The molecule has 0 aliphatic carbocycles. The Kier molecular flexibility index (Phi) is 4.52. The Hall–Kier alpha value is -1.13. The number of ether oxygens (including phenoxy) is 1. The maximum absolute atomic E-state index is 13.1. The fourth-order valence-corrected chi connectivity index (χ4v) is 1.38. The number of rotatable bonds is 5. The monoisotopic (exact) mass is 213 g/mol. The van der Waals surface area contributed by atoms with Gasteiger partial charge in [-0.3, -0.25) is 0 Å². The van der Waals surface area contributed by atoms with Gasteiger partial charge in [0, 0.05) is 12.6 Å². The molecule has 0 fully saturated rings. The third-order valence-corrected chi connectivity index (χ3v) is 2.28. The first-order chi connectivity index (χ1) is 7.19. The van der Waals surface area contributed by atoms with E-state index in [4.69, 9.17) is 15.6 Å². The highest BCUT2D eigenvalue weighted by molar-refractivity contribution is 5.31. The molecule has 84 valence electrons. The Morgan fingerprint density at radius 1 is 1.53 bits per heavy atom. The number of aliphatic hydroxyl groups is 1. The van der Waals surface area contributed by atoms with Crippen molar-refractivity contribution >= 4 is 0 Å². The molecule has 1 rings (SSSR count). The molecule has 3 nitrogen and oxygen atoms in total. The molecule has 0 aliphatic heterocycles. The van der Waals surface area contributed by atoms with E-state index in [0.717, 1.165) is 5.56 Å². The summed E-state index contributed by atoms with van der Waals surface area (Å²) in [5, 5.41) is 8.67. The zero-order valence-electron chi connectivity index (χ0n) is 8.74. The van der Waals surface area contributed by atoms with Gasteiger partial charge >= 0.3 is 0 Å². The predicted octanol–water partition coefficient (Wildman–Crippen LogP) is 1.61. The summed E-state index contributed by atoms with van der Waals surface area (Å²) >= 11 is 0. The lowest BCUT2D eigenvalue weighted by molar-refractivity contribution is 0.280. The highest BCUT2D eigenvalue weighted by atomic mass is 19.1. The van der Waals surface area contributed by atoms with E-state index in [0.29, 0.717) is 12.8 Å². The zero-order valence-corrected chi connectivity index (χ0v) is 8.74. The Bertz CT molecular complexity index is 317. The molecule has 3 N–H and O–H groups in total. The van der Waals surface area contributed by atoms with Crippen molar-refractivity contribution in [2.75, 3.05) is 13.7 Å². The van der Waals surface area contributed by atoms with Crippen LogP contribution in [-0.4, -0.2) is 18.8 Å². The molecule has 15 heavy (non-hydrogen) atoms. The molecular weight excluding hydrogens is 197 g/mol. The largest absolute Gasteiger partial charge is 0.494 e. The summed E-state index contributed by atoms with van der Waals surface area (Å²) in [4.78, 5) is 0. The van der Waals surface area contributed by atoms with Crippen LogP contribution in [-0.2, 0) is 0 Å². The fraction of sp³-hybridized carbons (Fsp3) is 0.455. The number of benzene rings is 1. The lowest BCUT2D eigenvalue weighted by Crippen LogP contribution is -2.11. The van der Waals surface area contributed by atoms with Crippen LogP contribution in [0.2, 0.25) is 0 Å². The van der Waals surface area contributed by atoms with Crippen molar-refractivity contribution in [2.24, 2.45) is 5.73 Å². The molecule has 0 saturated heterocycles. The molecule has 0 unspecified atom stereocenters. The van der Waals surface area contributed by atoms with Gasteiger partial charge in [-0.15, -0.1) is 0 Å². The second kappa shape index (κ2) is 5.68. The van der Waals surface area contributed by atoms with Gasteiger partial charge in [0.05, 0.1) is 7.11 Å². The first-order valence-electron chi connectivity index (χ1n) is 4.89. The van der Waals surface area contributed by atoms with Crippen molar-refractivity contribution < 1.29 is 14.2 Å². The summed E-state index contributed by atoms with van der Waals surface area (Å²) in [5.74, 6) is -0.192. The topological polar surface area (TPSA) is 55.5 Å². The van der Waals surface area contributed by atoms with Crippen molar-refractivity contribution in [1.29, 1.82) is 0 Å². The molecule has 1 atom stereocenters. The molecule has 0 saturated carbocycles. The number of aliphatic hydroxyl groups excluding tert-OH is 1. The minimum absolute atomic E-state index is 0.117. The summed E-state index contributed by atoms with van der Waals surface area (Å²) < 4.78 is 17.9. The van der Waals surface area contributed by atoms with Gasteiger partial charge in [0.1, 0.15) is 0 Å². The highest BCUT2D eigenvalue weighted by Gasteiger charge is 2.09. The van der Waals surface area contributed by atoms with E-state index in [9.17, 15) is 4.39 Å². The van der Waals surface area contributed by atoms with Gasteiger partial charge in [-0.25, -0.2) is 4.39 Å². The van der Waals surface area contributed by atoms with Crippen LogP contribution in [0.1, 0.15) is 24.4 Å². The molecule has 0 bridgehead atoms. The first kappa shape index (κ1) is 11.9. The van der Waals surface area contributed by atoms with E-state index in [-0.39, 0.29) is 18.4 Å². The number of methoxy groups -OCH3 is 1. The van der Waals surface area contributed by atoms with Crippen LogP contribution in [0.15, 0.2) is 18.2 Å². The number of nitrogens with two attached hydrogens (primary N) is 1. The zero-order chi connectivity index (χ0) is 11.3. The van der Waals surface area contributed by atoms with Gasteiger partial charge in [0.2, 0.25) is 0 Å². The van der Waals surface area contributed by atoms with Crippen molar-refractivity contribution in [1.82, 2.24) is 0 Å². The number of hydrogen-bond donors (Lipinski definition) is 2. The van der Waals surface area contributed by atoms with E-state index >= 15 is 0 Å².